The van der Waals surface area contributed by atoms with Crippen LogP contribution in [0, 0.1) is 0 Å². The third-order valence-corrected chi connectivity index (χ3v) is 5.74. The van der Waals surface area contributed by atoms with Crippen molar-refractivity contribution in [3.05, 3.63) is 54.4 Å². The molecular weight excluding hydrogens is 375 g/mol. The molecule has 2 atom stereocenters. The molecule has 0 bridgehead atoms. The van der Waals surface area contributed by atoms with E-state index in [0.29, 0.717) is 13.2 Å². The van der Waals surface area contributed by atoms with Gasteiger partial charge in [0.2, 0.25) is 0 Å². The van der Waals surface area contributed by atoms with Crippen LogP contribution >= 0.6 is 11.8 Å². The van der Waals surface area contributed by atoms with Crippen LogP contribution in [0.15, 0.2) is 53.7 Å². The Hall–Kier alpha value is -2.19. The van der Waals surface area contributed by atoms with Crippen molar-refractivity contribution in [2.45, 2.75) is 29.4 Å². The quantitative estimate of drug-likeness (QED) is 0.685. The molecule has 4 rings (SSSR count). The number of imidazole rings is 1. The molecule has 4 nitrogen and oxygen atoms in total. The summed E-state index contributed by atoms with van der Waals surface area (Å²) in [4.78, 5) is 10.4. The number of aromatic amines is 1. The Kier molecular flexibility index (Phi) is 4.77. The number of hydrogen-bond acceptors (Lipinski definition) is 4. The van der Waals surface area contributed by atoms with Crippen LogP contribution in [0.1, 0.15) is 12.5 Å². The number of hydrogen-bond donors (Lipinski definition) is 1. The van der Waals surface area contributed by atoms with Gasteiger partial charge in [-0.15, -0.1) is 0 Å². The average Bonchev–Trinajstić information content (AvgIpc) is 3.09. The zero-order valence-corrected chi connectivity index (χ0v) is 15.3. The monoisotopic (exact) mass is 393 g/mol. The van der Waals surface area contributed by atoms with E-state index in [2.05, 4.69) is 21.8 Å². The molecule has 1 aromatic heterocycles. The lowest BCUT2D eigenvalue weighted by atomic mass is 10.2. The lowest BCUT2D eigenvalue weighted by Gasteiger charge is -2.41. The number of nitrogens with one attached hydrogen (secondary N) is 1. The van der Waals surface area contributed by atoms with E-state index >= 15 is 0 Å². The van der Waals surface area contributed by atoms with Crippen molar-refractivity contribution in [3.8, 4) is 0 Å². The van der Waals surface area contributed by atoms with Crippen LogP contribution in [0.2, 0.25) is 0 Å². The number of aromatic nitrogens is 2. The minimum absolute atomic E-state index is 0.0362. The lowest BCUT2D eigenvalue weighted by molar-refractivity contribution is -0.137. The van der Waals surface area contributed by atoms with Crippen molar-refractivity contribution < 1.29 is 17.9 Å². The van der Waals surface area contributed by atoms with Crippen LogP contribution in [0.3, 0.4) is 0 Å². The summed E-state index contributed by atoms with van der Waals surface area (Å²) >= 11 is 1.51. The van der Waals surface area contributed by atoms with E-state index in [-0.39, 0.29) is 11.4 Å². The summed E-state index contributed by atoms with van der Waals surface area (Å²) in [5.74, 6) is 0. The lowest BCUT2D eigenvalue weighted by Crippen LogP contribution is -2.49. The molecule has 1 aliphatic heterocycles. The Labute approximate surface area is 158 Å². The van der Waals surface area contributed by atoms with Crippen molar-refractivity contribution in [3.63, 3.8) is 0 Å². The molecule has 27 heavy (non-hydrogen) atoms. The topological polar surface area (TPSA) is 41.1 Å². The van der Waals surface area contributed by atoms with Crippen molar-refractivity contribution in [2.24, 2.45) is 0 Å². The van der Waals surface area contributed by atoms with Crippen LogP contribution < -0.4 is 4.90 Å². The highest BCUT2D eigenvalue weighted by Crippen LogP contribution is 2.36. The van der Waals surface area contributed by atoms with Gasteiger partial charge in [0, 0.05) is 10.6 Å². The van der Waals surface area contributed by atoms with Crippen molar-refractivity contribution in [1.82, 2.24) is 9.97 Å². The van der Waals surface area contributed by atoms with Gasteiger partial charge in [0.25, 0.3) is 0 Å². The molecule has 1 N–H and O–H groups in total. The van der Waals surface area contributed by atoms with Crippen LogP contribution in [0.4, 0.5) is 18.9 Å². The third kappa shape index (κ3) is 3.77. The molecule has 2 heterocycles. The fourth-order valence-electron chi connectivity index (χ4n) is 3.26. The number of nitrogens with zero attached hydrogens (tertiary/aromatic N) is 2. The molecule has 2 aromatic carbocycles. The summed E-state index contributed by atoms with van der Waals surface area (Å²) in [7, 11) is 0. The Morgan fingerprint density at radius 3 is 2.67 bits per heavy atom. The number of anilines is 1. The number of alkyl halides is 3. The predicted molar refractivity (Wildman–Crippen MR) is 99.9 cm³/mol. The molecule has 1 fully saturated rings. The molecular formula is C19H18F3N3OS. The van der Waals surface area contributed by atoms with E-state index < -0.39 is 11.7 Å². The van der Waals surface area contributed by atoms with E-state index in [1.165, 1.54) is 23.9 Å². The van der Waals surface area contributed by atoms with Gasteiger partial charge < -0.3 is 14.6 Å². The normalized spacial score (nSPS) is 21.0. The fraction of sp³-hybridized carbons (Fsp3) is 0.316. The van der Waals surface area contributed by atoms with E-state index in [9.17, 15) is 13.2 Å². The first-order valence-corrected chi connectivity index (χ1v) is 9.43. The van der Waals surface area contributed by atoms with Gasteiger partial charge in [-0.25, -0.2) is 4.98 Å². The van der Waals surface area contributed by atoms with E-state index in [0.717, 1.165) is 33.7 Å². The SMILES string of the molecule is CC1COCC(Sc2ccc(C(F)(F)F)cc2)N1c1ccc2nc[nH]c2c1. The predicted octanol–water partition coefficient (Wildman–Crippen LogP) is 4.93. The molecule has 0 radical (unpaired) electrons. The molecule has 0 saturated carbocycles. The Morgan fingerprint density at radius 1 is 1.15 bits per heavy atom. The number of halogens is 3. The number of fused-ring (bicyclic) bond motifs is 1. The molecule has 1 saturated heterocycles. The number of ether oxygens (including phenoxy) is 1. The van der Waals surface area contributed by atoms with Crippen LogP contribution in [0.25, 0.3) is 11.0 Å². The van der Waals surface area contributed by atoms with Crippen LogP contribution in [-0.2, 0) is 10.9 Å². The molecule has 0 aliphatic carbocycles. The van der Waals surface area contributed by atoms with Gasteiger partial charge in [-0.05, 0) is 49.4 Å². The summed E-state index contributed by atoms with van der Waals surface area (Å²) in [5, 5.41) is -0.0362. The maximum absolute atomic E-state index is 12.8. The highest BCUT2D eigenvalue weighted by Gasteiger charge is 2.32. The maximum atomic E-state index is 12.8. The van der Waals surface area contributed by atoms with Gasteiger partial charge in [0.1, 0.15) is 5.37 Å². The summed E-state index contributed by atoms with van der Waals surface area (Å²) in [6.07, 6.45) is -2.66. The summed E-state index contributed by atoms with van der Waals surface area (Å²) in [5.41, 5.74) is 2.24. The second kappa shape index (κ2) is 7.09. The first kappa shape index (κ1) is 18.2. The third-order valence-electron chi connectivity index (χ3n) is 4.56. The van der Waals surface area contributed by atoms with Crippen molar-refractivity contribution >= 4 is 28.5 Å². The zero-order chi connectivity index (χ0) is 19.0. The fourth-order valence-corrected chi connectivity index (χ4v) is 4.47. The Balaban J connectivity index is 1.59. The van der Waals surface area contributed by atoms with E-state index in [1.54, 1.807) is 6.33 Å². The number of H-pyrrole nitrogens is 1. The maximum Gasteiger partial charge on any atom is 0.416 e. The van der Waals surface area contributed by atoms with Gasteiger partial charge in [-0.2, -0.15) is 13.2 Å². The largest absolute Gasteiger partial charge is 0.416 e. The minimum atomic E-state index is -4.32. The molecule has 2 unspecified atom stereocenters. The standard InChI is InChI=1S/C19H18F3N3OS/c1-12-9-26-10-18(27-15-5-2-13(3-6-15)19(20,21)22)25(12)14-4-7-16-17(8-14)24-11-23-16/h2-8,11-12,18H,9-10H2,1H3,(H,23,24). The molecule has 142 valence electrons. The van der Waals surface area contributed by atoms with Crippen molar-refractivity contribution in [2.75, 3.05) is 18.1 Å². The smallest absolute Gasteiger partial charge is 0.376 e. The number of rotatable bonds is 3. The number of morpholine rings is 1. The summed E-state index contributed by atoms with van der Waals surface area (Å²) < 4.78 is 44.0. The number of benzene rings is 2. The highest BCUT2D eigenvalue weighted by atomic mass is 32.2. The number of thioether (sulfide) groups is 1. The molecule has 8 heteroatoms. The highest BCUT2D eigenvalue weighted by molar-refractivity contribution is 8.00. The molecule has 0 amide bonds. The summed E-state index contributed by atoms with van der Waals surface area (Å²) in [6, 6.07) is 11.4. The first-order chi connectivity index (χ1) is 12.9. The average molecular weight is 393 g/mol. The van der Waals surface area contributed by atoms with Gasteiger partial charge in [0.05, 0.1) is 42.2 Å². The zero-order valence-electron chi connectivity index (χ0n) is 14.5. The molecule has 3 aromatic rings. The Bertz CT molecular complexity index is 926. The molecule has 0 spiro atoms. The van der Waals surface area contributed by atoms with Gasteiger partial charge in [-0.3, -0.25) is 0 Å². The molecule has 1 aliphatic rings. The minimum Gasteiger partial charge on any atom is -0.376 e. The Morgan fingerprint density at radius 2 is 1.93 bits per heavy atom. The van der Waals surface area contributed by atoms with Gasteiger partial charge >= 0.3 is 6.18 Å². The van der Waals surface area contributed by atoms with Crippen LogP contribution in [-0.4, -0.2) is 34.6 Å². The second-order valence-corrected chi connectivity index (χ2v) is 7.74. The first-order valence-electron chi connectivity index (χ1n) is 8.55. The van der Waals surface area contributed by atoms with Gasteiger partial charge in [0.15, 0.2) is 0 Å². The van der Waals surface area contributed by atoms with E-state index in [4.69, 9.17) is 4.74 Å². The van der Waals surface area contributed by atoms with E-state index in [1.807, 2.05) is 18.2 Å². The summed E-state index contributed by atoms with van der Waals surface area (Å²) in [6.45, 7) is 3.18. The van der Waals surface area contributed by atoms with Crippen molar-refractivity contribution in [1.29, 1.82) is 0 Å². The van der Waals surface area contributed by atoms with Gasteiger partial charge in [-0.1, -0.05) is 11.8 Å². The second-order valence-electron chi connectivity index (χ2n) is 6.49. The van der Waals surface area contributed by atoms with Crippen LogP contribution in [0.5, 0.6) is 0 Å².